The molecule has 0 fully saturated rings. The Morgan fingerprint density at radius 1 is 0.897 bits per heavy atom. The number of rotatable bonds is 22. The van der Waals surface area contributed by atoms with Gasteiger partial charge >= 0.3 is 11.9 Å². The number of ether oxygens (including phenoxy) is 3. The van der Waals surface area contributed by atoms with Crippen LogP contribution in [0.4, 0.5) is 5.69 Å². The third-order valence-corrected chi connectivity index (χ3v) is 5.59. The first-order valence-corrected chi connectivity index (χ1v) is 12.0. The predicted molar refractivity (Wildman–Crippen MR) is 140 cm³/mol. The highest BCUT2D eigenvalue weighted by Gasteiger charge is 2.26. The molecule has 1 aromatic rings. The summed E-state index contributed by atoms with van der Waals surface area (Å²) < 4.78 is 14.4. The Morgan fingerprint density at radius 2 is 1.38 bits per heavy atom. The molecule has 1 unspecified atom stereocenters. The second-order valence-corrected chi connectivity index (χ2v) is 8.51. The first-order chi connectivity index (χ1) is 18.7. The van der Waals surface area contributed by atoms with Gasteiger partial charge in [0.25, 0.3) is 19.4 Å². The number of carboxylic acids is 2. The number of nitrogens with zero attached hydrogens (tertiary/aromatic N) is 3. The van der Waals surface area contributed by atoms with E-state index in [1.54, 1.807) is 36.2 Å². The third-order valence-electron chi connectivity index (χ3n) is 5.28. The molecule has 0 aromatic heterocycles. The van der Waals surface area contributed by atoms with Crippen molar-refractivity contribution in [1.82, 2.24) is 20.0 Å². The molecule has 0 saturated carbocycles. The molecule has 16 heteroatoms. The van der Waals surface area contributed by atoms with Crippen molar-refractivity contribution in [3.63, 3.8) is 0 Å². The SMILES string of the molecule is CNC(=S)Nc1ccc(CC(CN(CCN(COC=O)COC=O)COC=O)N(CC(=O)O)CC(=O)O)cc1. The number of thiocarbonyl (C=S) groups is 1. The quantitative estimate of drug-likeness (QED) is 0.0572. The lowest BCUT2D eigenvalue weighted by Crippen LogP contribution is -2.50. The summed E-state index contributed by atoms with van der Waals surface area (Å²) in [5.41, 5.74) is 1.51. The monoisotopic (exact) mass is 571 g/mol. The number of hydrogen-bond donors (Lipinski definition) is 4. The Bertz CT molecular complexity index is 908. The van der Waals surface area contributed by atoms with E-state index in [4.69, 9.17) is 26.4 Å². The molecule has 1 aromatic carbocycles. The molecule has 0 saturated heterocycles. The number of aliphatic carboxylic acids is 2. The van der Waals surface area contributed by atoms with E-state index < -0.39 is 31.1 Å². The van der Waals surface area contributed by atoms with Gasteiger partial charge in [-0.1, -0.05) is 12.1 Å². The van der Waals surface area contributed by atoms with E-state index in [2.05, 4.69) is 10.6 Å². The standard InChI is InChI=1S/C23H33N5O10S/c1-24-23(39)25-19-4-2-18(3-5-19)8-20(28(10-21(32)33)11-22(34)35)9-26(12-36-15-29)6-7-27(13-37-16-30)14-38-17-31/h2-5,15-17,20H,6-14H2,1H3,(H,32,33)(H,34,35)(H2,24,25,39). The minimum atomic E-state index is -1.21. The van der Waals surface area contributed by atoms with E-state index in [-0.39, 0.29) is 65.7 Å². The van der Waals surface area contributed by atoms with Crippen LogP contribution in [0.1, 0.15) is 5.56 Å². The fraction of sp³-hybridized carbons (Fsp3) is 0.478. The number of nitrogens with one attached hydrogen (secondary N) is 2. The Morgan fingerprint density at radius 3 is 1.85 bits per heavy atom. The summed E-state index contributed by atoms with van der Waals surface area (Å²) in [5, 5.41) is 25.1. The first kappa shape index (κ1) is 33.2. The van der Waals surface area contributed by atoms with Crippen molar-refractivity contribution in [2.75, 3.05) is 65.3 Å². The molecule has 0 aliphatic rings. The molecule has 0 amide bonds. The van der Waals surface area contributed by atoms with Crippen molar-refractivity contribution in [3.8, 4) is 0 Å². The highest BCUT2D eigenvalue weighted by molar-refractivity contribution is 7.80. The van der Waals surface area contributed by atoms with Crippen molar-refractivity contribution in [2.24, 2.45) is 0 Å². The highest BCUT2D eigenvalue weighted by atomic mass is 32.1. The van der Waals surface area contributed by atoms with Gasteiger partial charge in [-0.15, -0.1) is 0 Å². The Balaban J connectivity index is 3.17. The fourth-order valence-electron chi connectivity index (χ4n) is 3.52. The van der Waals surface area contributed by atoms with Gasteiger partial charge in [-0.25, -0.2) is 4.90 Å². The summed E-state index contributed by atoms with van der Waals surface area (Å²) in [6.07, 6.45) is 0.265. The van der Waals surface area contributed by atoms with Crippen LogP contribution < -0.4 is 10.6 Å². The Hall–Kier alpha value is -3.86. The second kappa shape index (κ2) is 19.2. The number of carboxylic acid groups (broad SMARTS) is 2. The molecule has 15 nitrogen and oxygen atoms in total. The van der Waals surface area contributed by atoms with Gasteiger partial charge in [0, 0.05) is 38.4 Å². The molecular weight excluding hydrogens is 538 g/mol. The van der Waals surface area contributed by atoms with Gasteiger partial charge in [0.2, 0.25) is 0 Å². The number of carbonyl (C=O) groups excluding carboxylic acids is 3. The van der Waals surface area contributed by atoms with E-state index in [0.717, 1.165) is 11.3 Å². The molecule has 39 heavy (non-hydrogen) atoms. The molecule has 0 bridgehead atoms. The van der Waals surface area contributed by atoms with Crippen LogP contribution in [0.5, 0.6) is 0 Å². The maximum atomic E-state index is 11.6. The van der Waals surface area contributed by atoms with Crippen molar-refractivity contribution in [2.45, 2.75) is 12.5 Å². The number of anilines is 1. The van der Waals surface area contributed by atoms with Gasteiger partial charge in [-0.3, -0.25) is 33.8 Å². The molecule has 1 atom stereocenters. The fourth-order valence-corrected chi connectivity index (χ4v) is 3.64. The molecule has 0 spiro atoms. The van der Waals surface area contributed by atoms with Crippen molar-refractivity contribution >= 4 is 54.4 Å². The maximum Gasteiger partial charge on any atom is 0.317 e. The zero-order valence-corrected chi connectivity index (χ0v) is 22.2. The lowest BCUT2D eigenvalue weighted by molar-refractivity contribution is -0.145. The molecule has 0 aliphatic heterocycles. The number of carbonyl (C=O) groups is 5. The third kappa shape index (κ3) is 14.6. The summed E-state index contributed by atoms with van der Waals surface area (Å²) in [4.78, 5) is 59.6. The van der Waals surface area contributed by atoms with E-state index >= 15 is 0 Å². The van der Waals surface area contributed by atoms with Crippen LogP contribution >= 0.6 is 12.2 Å². The highest BCUT2D eigenvalue weighted by Crippen LogP contribution is 2.15. The molecule has 0 aliphatic carbocycles. The molecule has 0 heterocycles. The van der Waals surface area contributed by atoms with Gasteiger partial charge in [-0.2, -0.15) is 0 Å². The number of hydrogen-bond acceptors (Lipinski definition) is 12. The van der Waals surface area contributed by atoms with E-state index in [9.17, 15) is 34.2 Å². The van der Waals surface area contributed by atoms with Gasteiger partial charge in [0.05, 0.1) is 13.1 Å². The smallest absolute Gasteiger partial charge is 0.317 e. The summed E-state index contributed by atoms with van der Waals surface area (Å²) in [6, 6.07) is 6.53. The largest absolute Gasteiger partial charge is 0.480 e. The normalized spacial score (nSPS) is 11.5. The molecule has 1 rings (SSSR count). The van der Waals surface area contributed by atoms with Crippen LogP contribution in [-0.2, 0) is 44.6 Å². The predicted octanol–water partition coefficient (Wildman–Crippen LogP) is -1.02. The van der Waals surface area contributed by atoms with Gasteiger partial charge in [0.15, 0.2) is 5.11 Å². The summed E-state index contributed by atoms with van der Waals surface area (Å²) in [6.45, 7) is -0.394. The zero-order valence-electron chi connectivity index (χ0n) is 21.4. The summed E-state index contributed by atoms with van der Waals surface area (Å²) >= 11 is 5.09. The van der Waals surface area contributed by atoms with Gasteiger partial charge in [-0.05, 0) is 36.3 Å². The minimum Gasteiger partial charge on any atom is -0.480 e. The van der Waals surface area contributed by atoms with Crippen LogP contribution in [0.3, 0.4) is 0 Å². The maximum absolute atomic E-state index is 11.6. The molecule has 0 radical (unpaired) electrons. The second-order valence-electron chi connectivity index (χ2n) is 8.10. The Labute approximate surface area is 230 Å². The van der Waals surface area contributed by atoms with Crippen LogP contribution in [0.2, 0.25) is 0 Å². The lowest BCUT2D eigenvalue weighted by Gasteiger charge is -2.34. The van der Waals surface area contributed by atoms with E-state index in [1.165, 1.54) is 9.80 Å². The first-order valence-electron chi connectivity index (χ1n) is 11.6. The van der Waals surface area contributed by atoms with Gasteiger partial charge < -0.3 is 35.1 Å². The van der Waals surface area contributed by atoms with Crippen LogP contribution in [0.25, 0.3) is 0 Å². The summed E-state index contributed by atoms with van der Waals surface area (Å²) in [7, 11) is 1.68. The van der Waals surface area contributed by atoms with Crippen molar-refractivity contribution < 1.29 is 48.4 Å². The average Bonchev–Trinajstić information content (AvgIpc) is 2.90. The van der Waals surface area contributed by atoms with Crippen molar-refractivity contribution in [3.05, 3.63) is 29.8 Å². The average molecular weight is 572 g/mol. The zero-order chi connectivity index (χ0) is 29.0. The van der Waals surface area contributed by atoms with Crippen LogP contribution in [-0.4, -0.2) is 127 Å². The summed E-state index contributed by atoms with van der Waals surface area (Å²) in [5.74, 6) is -2.42. The Kier molecular flexibility index (Phi) is 16.4. The minimum absolute atomic E-state index is 0.106. The molecular formula is C23H33N5O10S. The van der Waals surface area contributed by atoms with E-state index in [1.807, 2.05) is 0 Å². The number of benzene rings is 1. The lowest BCUT2D eigenvalue weighted by atomic mass is 10.0. The topological polar surface area (TPSA) is 187 Å². The van der Waals surface area contributed by atoms with E-state index in [0.29, 0.717) is 5.11 Å². The van der Waals surface area contributed by atoms with Crippen molar-refractivity contribution in [1.29, 1.82) is 0 Å². The molecule has 4 N–H and O–H groups in total. The molecule has 216 valence electrons. The van der Waals surface area contributed by atoms with Crippen LogP contribution in [0.15, 0.2) is 24.3 Å². The van der Waals surface area contributed by atoms with Gasteiger partial charge in [0.1, 0.15) is 20.2 Å². The van der Waals surface area contributed by atoms with Crippen LogP contribution in [0, 0.1) is 0 Å².